The Morgan fingerprint density at radius 3 is 2.27 bits per heavy atom. The number of hydrogen-bond acceptors (Lipinski definition) is 5. The van der Waals surface area contributed by atoms with E-state index in [9.17, 15) is 19.2 Å². The van der Waals surface area contributed by atoms with Crippen LogP contribution in [0, 0.1) is 5.41 Å². The fourth-order valence-electron chi connectivity index (χ4n) is 2.05. The van der Waals surface area contributed by atoms with Gasteiger partial charge < -0.3 is 10.1 Å². The number of ether oxygens (including phenoxy) is 1. The Balaban J connectivity index is 2.62. The van der Waals surface area contributed by atoms with Crippen LogP contribution in [0.2, 0.25) is 0 Å². The van der Waals surface area contributed by atoms with Crippen molar-refractivity contribution in [2.75, 3.05) is 13.2 Å². The topological polar surface area (TPSA) is 92.8 Å². The molecule has 1 aliphatic heterocycles. The number of amides is 4. The molecule has 124 valence electrons. The summed E-state index contributed by atoms with van der Waals surface area (Å²) in [7, 11) is 0. The second-order valence-electron chi connectivity index (χ2n) is 6.68. The number of imide groups is 3. The molecule has 0 bridgehead atoms. The van der Waals surface area contributed by atoms with Gasteiger partial charge in [-0.15, -0.1) is 0 Å². The van der Waals surface area contributed by atoms with E-state index in [1.165, 1.54) is 0 Å². The van der Waals surface area contributed by atoms with E-state index in [4.69, 9.17) is 4.74 Å². The predicted octanol–water partition coefficient (Wildman–Crippen LogP) is 0.619. The third kappa shape index (κ3) is 4.62. The largest absolute Gasteiger partial charge is 0.374 e. The van der Waals surface area contributed by atoms with Crippen molar-refractivity contribution in [1.82, 2.24) is 10.2 Å². The van der Waals surface area contributed by atoms with Gasteiger partial charge in [0.25, 0.3) is 0 Å². The Bertz CT molecular complexity index is 455. The van der Waals surface area contributed by atoms with E-state index in [2.05, 4.69) is 5.32 Å². The molecule has 0 aromatic carbocycles. The average molecular weight is 312 g/mol. The fraction of sp³-hybridized carbons (Fsp3) is 0.733. The summed E-state index contributed by atoms with van der Waals surface area (Å²) in [5, 5.41) is 2.56. The summed E-state index contributed by atoms with van der Waals surface area (Å²) in [6, 6.07) is 0. The van der Waals surface area contributed by atoms with Crippen molar-refractivity contribution in [3.63, 3.8) is 0 Å². The van der Waals surface area contributed by atoms with E-state index in [-0.39, 0.29) is 19.4 Å². The van der Waals surface area contributed by atoms with Gasteiger partial charge in [-0.2, -0.15) is 0 Å². The van der Waals surface area contributed by atoms with Crippen LogP contribution in [0.4, 0.5) is 0 Å². The zero-order valence-corrected chi connectivity index (χ0v) is 13.6. The molecule has 1 heterocycles. The molecule has 7 nitrogen and oxygen atoms in total. The standard InChI is InChI=1S/C15H24N2O5/c1-14(2,9-22-15(3,4)7-8-16-10-18)13(21)17-11(19)5-6-12(17)20/h10H,5-9H2,1-4H3,(H,16,18). The Kier molecular flexibility index (Phi) is 5.82. The molecule has 1 N–H and O–H groups in total. The molecule has 1 aliphatic rings. The summed E-state index contributed by atoms with van der Waals surface area (Å²) in [6.07, 6.45) is 1.38. The highest BCUT2D eigenvalue weighted by molar-refractivity contribution is 6.16. The lowest BCUT2D eigenvalue weighted by atomic mass is 9.92. The SMILES string of the molecule is CC(C)(CCNC=O)OCC(C)(C)C(=O)N1C(=O)CCC1=O. The highest BCUT2D eigenvalue weighted by Gasteiger charge is 2.42. The van der Waals surface area contributed by atoms with Gasteiger partial charge >= 0.3 is 0 Å². The van der Waals surface area contributed by atoms with Crippen LogP contribution in [0.5, 0.6) is 0 Å². The second-order valence-corrected chi connectivity index (χ2v) is 6.68. The smallest absolute Gasteiger partial charge is 0.244 e. The minimum Gasteiger partial charge on any atom is -0.374 e. The Hall–Kier alpha value is -1.76. The van der Waals surface area contributed by atoms with Crippen LogP contribution in [0.1, 0.15) is 47.0 Å². The third-order valence-electron chi connectivity index (χ3n) is 3.61. The van der Waals surface area contributed by atoms with Crippen molar-refractivity contribution in [2.45, 2.75) is 52.6 Å². The zero-order valence-electron chi connectivity index (χ0n) is 13.6. The maximum atomic E-state index is 12.4. The number of carbonyl (C=O) groups is 4. The van der Waals surface area contributed by atoms with Gasteiger partial charge in [0.05, 0.1) is 17.6 Å². The quantitative estimate of drug-likeness (QED) is 0.403. The summed E-state index contributed by atoms with van der Waals surface area (Å²) in [5.41, 5.74) is -1.52. The fourth-order valence-corrected chi connectivity index (χ4v) is 2.05. The first-order valence-corrected chi connectivity index (χ1v) is 7.32. The van der Waals surface area contributed by atoms with Crippen molar-refractivity contribution < 1.29 is 23.9 Å². The van der Waals surface area contributed by atoms with Crippen molar-refractivity contribution in [2.24, 2.45) is 5.41 Å². The lowest BCUT2D eigenvalue weighted by Gasteiger charge is -2.32. The highest BCUT2D eigenvalue weighted by Crippen LogP contribution is 2.26. The van der Waals surface area contributed by atoms with E-state index in [0.29, 0.717) is 19.4 Å². The maximum absolute atomic E-state index is 12.4. The van der Waals surface area contributed by atoms with Crippen LogP contribution in [0.15, 0.2) is 0 Å². The average Bonchev–Trinajstić information content (AvgIpc) is 2.75. The zero-order chi connectivity index (χ0) is 17.0. The molecule has 0 unspecified atom stereocenters. The van der Waals surface area contributed by atoms with Gasteiger partial charge in [0.2, 0.25) is 24.1 Å². The molecule has 0 spiro atoms. The minimum atomic E-state index is -0.981. The van der Waals surface area contributed by atoms with Gasteiger partial charge in [-0.1, -0.05) is 0 Å². The normalized spacial score (nSPS) is 16.1. The van der Waals surface area contributed by atoms with Gasteiger partial charge in [-0.05, 0) is 34.1 Å². The van der Waals surface area contributed by atoms with Gasteiger partial charge in [-0.3, -0.25) is 19.2 Å². The van der Waals surface area contributed by atoms with Crippen LogP contribution in [0.3, 0.4) is 0 Å². The number of nitrogens with zero attached hydrogens (tertiary/aromatic N) is 1. The molecule has 0 aliphatic carbocycles. The number of nitrogens with one attached hydrogen (secondary N) is 1. The Morgan fingerprint density at radius 2 is 1.77 bits per heavy atom. The number of likely N-dealkylation sites (tertiary alicyclic amines) is 1. The minimum absolute atomic E-state index is 0.0803. The molecule has 0 radical (unpaired) electrons. The molecule has 1 rings (SSSR count). The first kappa shape index (κ1) is 18.3. The molecular formula is C15H24N2O5. The van der Waals surface area contributed by atoms with Crippen molar-refractivity contribution in [3.05, 3.63) is 0 Å². The Morgan fingerprint density at radius 1 is 1.23 bits per heavy atom. The first-order valence-electron chi connectivity index (χ1n) is 7.32. The third-order valence-corrected chi connectivity index (χ3v) is 3.61. The maximum Gasteiger partial charge on any atom is 0.244 e. The number of rotatable bonds is 8. The van der Waals surface area contributed by atoms with E-state index in [1.54, 1.807) is 13.8 Å². The van der Waals surface area contributed by atoms with E-state index < -0.39 is 28.7 Å². The van der Waals surface area contributed by atoms with Gasteiger partial charge in [0, 0.05) is 19.4 Å². The van der Waals surface area contributed by atoms with Crippen LogP contribution in [-0.4, -0.2) is 47.8 Å². The summed E-state index contributed by atoms with van der Waals surface area (Å²) >= 11 is 0. The predicted molar refractivity (Wildman–Crippen MR) is 78.6 cm³/mol. The van der Waals surface area contributed by atoms with Crippen LogP contribution in [-0.2, 0) is 23.9 Å². The lowest BCUT2D eigenvalue weighted by molar-refractivity contribution is -0.158. The molecule has 4 amide bonds. The molecule has 22 heavy (non-hydrogen) atoms. The molecule has 0 saturated carbocycles. The highest BCUT2D eigenvalue weighted by atomic mass is 16.5. The molecule has 1 fully saturated rings. The van der Waals surface area contributed by atoms with Crippen LogP contribution < -0.4 is 5.32 Å². The summed E-state index contributed by atoms with van der Waals surface area (Å²) in [6.45, 7) is 7.55. The molecule has 7 heteroatoms. The van der Waals surface area contributed by atoms with E-state index in [0.717, 1.165) is 4.90 Å². The van der Waals surface area contributed by atoms with E-state index in [1.807, 2.05) is 13.8 Å². The van der Waals surface area contributed by atoms with Crippen molar-refractivity contribution in [1.29, 1.82) is 0 Å². The van der Waals surface area contributed by atoms with Gasteiger partial charge in [-0.25, -0.2) is 4.90 Å². The summed E-state index contributed by atoms with van der Waals surface area (Å²) in [4.78, 5) is 46.7. The van der Waals surface area contributed by atoms with Crippen LogP contribution in [0.25, 0.3) is 0 Å². The number of hydrogen-bond donors (Lipinski definition) is 1. The monoisotopic (exact) mass is 312 g/mol. The van der Waals surface area contributed by atoms with Gasteiger partial charge in [0.15, 0.2) is 0 Å². The second kappa shape index (κ2) is 7.00. The Labute approximate surface area is 130 Å². The van der Waals surface area contributed by atoms with Crippen molar-refractivity contribution >= 4 is 24.1 Å². The molecule has 0 aromatic rings. The molecule has 1 saturated heterocycles. The molecular weight excluding hydrogens is 288 g/mol. The molecule has 0 atom stereocenters. The van der Waals surface area contributed by atoms with Crippen LogP contribution >= 0.6 is 0 Å². The first-order chi connectivity index (χ1) is 10.1. The molecule has 0 aromatic heterocycles. The lowest BCUT2D eigenvalue weighted by Crippen LogP contribution is -2.47. The summed E-state index contributed by atoms with van der Waals surface area (Å²) < 4.78 is 5.77. The number of carbonyl (C=O) groups excluding carboxylic acids is 4. The van der Waals surface area contributed by atoms with Gasteiger partial charge in [0.1, 0.15) is 0 Å². The van der Waals surface area contributed by atoms with Crippen molar-refractivity contribution in [3.8, 4) is 0 Å². The van der Waals surface area contributed by atoms with E-state index >= 15 is 0 Å². The summed E-state index contributed by atoms with van der Waals surface area (Å²) in [5.74, 6) is -1.42.